The first-order valence-electron chi connectivity index (χ1n) is 10.6. The van der Waals surface area contributed by atoms with Gasteiger partial charge in [0.05, 0.1) is 29.6 Å². The van der Waals surface area contributed by atoms with Crippen molar-refractivity contribution >= 4 is 43.5 Å². The van der Waals surface area contributed by atoms with Crippen LogP contribution < -0.4 is 10.1 Å². The molecule has 0 saturated carbocycles. The van der Waals surface area contributed by atoms with Crippen LogP contribution in [-0.2, 0) is 21.2 Å². The number of methoxy groups -OCH3 is 1. The molecule has 1 amide bonds. The van der Waals surface area contributed by atoms with E-state index in [4.69, 9.17) is 16.3 Å². The lowest BCUT2D eigenvalue weighted by atomic mass is 10.1. The summed E-state index contributed by atoms with van der Waals surface area (Å²) >= 11 is 9.61. The fourth-order valence-corrected chi connectivity index (χ4v) is 5.61. The number of hydrogen-bond donors (Lipinski definition) is 1. The van der Waals surface area contributed by atoms with Crippen molar-refractivity contribution in [2.45, 2.75) is 24.3 Å². The molecular formula is C25H26BrClN2O4S. The van der Waals surface area contributed by atoms with E-state index in [9.17, 15) is 13.2 Å². The van der Waals surface area contributed by atoms with E-state index in [0.717, 1.165) is 15.6 Å². The molecule has 0 saturated heterocycles. The lowest BCUT2D eigenvalue weighted by Gasteiger charge is -2.23. The summed E-state index contributed by atoms with van der Waals surface area (Å²) in [5, 5.41) is 3.07. The topological polar surface area (TPSA) is 75.7 Å². The number of halogens is 2. The van der Waals surface area contributed by atoms with Gasteiger partial charge in [0.15, 0.2) is 0 Å². The molecule has 0 fully saturated rings. The number of nitrogens with one attached hydrogen (secondary N) is 1. The third-order valence-electron chi connectivity index (χ3n) is 5.30. The molecule has 0 bridgehead atoms. The van der Waals surface area contributed by atoms with Gasteiger partial charge in [-0.2, -0.15) is 4.31 Å². The van der Waals surface area contributed by atoms with E-state index in [1.165, 1.54) is 29.6 Å². The predicted octanol–water partition coefficient (Wildman–Crippen LogP) is 5.22. The minimum atomic E-state index is -4.00. The van der Waals surface area contributed by atoms with Crippen LogP contribution in [-0.4, -0.2) is 38.8 Å². The van der Waals surface area contributed by atoms with Crippen LogP contribution in [0.2, 0.25) is 5.02 Å². The van der Waals surface area contributed by atoms with Gasteiger partial charge < -0.3 is 10.1 Å². The summed E-state index contributed by atoms with van der Waals surface area (Å²) in [6, 6.07) is 21.1. The molecular weight excluding hydrogens is 540 g/mol. The number of ether oxygens (including phenoxy) is 1. The number of carbonyl (C=O) groups excluding carboxylic acids is 1. The molecule has 0 aliphatic carbocycles. The van der Waals surface area contributed by atoms with Crippen molar-refractivity contribution < 1.29 is 17.9 Å². The van der Waals surface area contributed by atoms with Crippen molar-refractivity contribution in [1.82, 2.24) is 9.62 Å². The molecule has 0 aromatic heterocycles. The lowest BCUT2D eigenvalue weighted by molar-refractivity contribution is -0.121. The van der Waals surface area contributed by atoms with Gasteiger partial charge in [0.2, 0.25) is 15.9 Å². The SMILES string of the molecule is COc1ccc(S(=O)(=O)N(CCc2ccccc2)CC(=O)N[C@H](C)c2cccc(Br)c2)cc1Cl. The third-order valence-corrected chi connectivity index (χ3v) is 7.93. The van der Waals surface area contributed by atoms with Gasteiger partial charge in [0.25, 0.3) is 0 Å². The summed E-state index contributed by atoms with van der Waals surface area (Å²) in [7, 11) is -2.54. The highest BCUT2D eigenvalue weighted by Gasteiger charge is 2.28. The van der Waals surface area contributed by atoms with Crippen LogP contribution in [0.5, 0.6) is 5.75 Å². The smallest absolute Gasteiger partial charge is 0.243 e. The van der Waals surface area contributed by atoms with E-state index >= 15 is 0 Å². The van der Waals surface area contributed by atoms with Crippen LogP contribution >= 0.6 is 27.5 Å². The zero-order valence-electron chi connectivity index (χ0n) is 18.9. The Labute approximate surface area is 214 Å². The second kappa shape index (κ2) is 11.8. The van der Waals surface area contributed by atoms with Crippen molar-refractivity contribution in [2.24, 2.45) is 0 Å². The zero-order valence-corrected chi connectivity index (χ0v) is 22.0. The standard InChI is InChI=1S/C25H26BrClN2O4S/c1-18(20-9-6-10-21(26)15-20)28-25(30)17-29(14-13-19-7-4-3-5-8-19)34(31,32)22-11-12-24(33-2)23(27)16-22/h3-12,15-16,18H,13-14,17H2,1-2H3,(H,28,30)/t18-/m1/s1. The summed E-state index contributed by atoms with van der Waals surface area (Å²) in [6.45, 7) is 1.66. The van der Waals surface area contributed by atoms with Gasteiger partial charge in [-0.3, -0.25) is 4.79 Å². The quantitative estimate of drug-likeness (QED) is 0.366. The van der Waals surface area contributed by atoms with E-state index in [2.05, 4.69) is 21.2 Å². The number of nitrogens with zero attached hydrogens (tertiary/aromatic N) is 1. The van der Waals surface area contributed by atoms with Gasteiger partial charge in [-0.25, -0.2) is 8.42 Å². The van der Waals surface area contributed by atoms with Crippen LogP contribution in [0.25, 0.3) is 0 Å². The van der Waals surface area contributed by atoms with E-state index in [0.29, 0.717) is 12.2 Å². The highest BCUT2D eigenvalue weighted by atomic mass is 79.9. The molecule has 0 aliphatic rings. The number of carbonyl (C=O) groups is 1. The molecule has 9 heteroatoms. The van der Waals surface area contributed by atoms with Gasteiger partial charge in [-0.15, -0.1) is 0 Å². The van der Waals surface area contributed by atoms with E-state index in [-0.39, 0.29) is 29.0 Å². The first kappa shape index (κ1) is 26.2. The first-order valence-corrected chi connectivity index (χ1v) is 13.2. The molecule has 0 heterocycles. The van der Waals surface area contributed by atoms with Crippen LogP contribution in [0.4, 0.5) is 0 Å². The summed E-state index contributed by atoms with van der Waals surface area (Å²) in [5.41, 5.74) is 1.88. The largest absolute Gasteiger partial charge is 0.495 e. The van der Waals surface area contributed by atoms with Gasteiger partial charge in [-0.1, -0.05) is 70.0 Å². The van der Waals surface area contributed by atoms with Crippen LogP contribution in [0, 0.1) is 0 Å². The molecule has 1 atom stereocenters. The van der Waals surface area contributed by atoms with Crippen LogP contribution in [0.3, 0.4) is 0 Å². The molecule has 1 N–H and O–H groups in total. The van der Waals surface area contributed by atoms with Gasteiger partial charge in [-0.05, 0) is 54.8 Å². The lowest BCUT2D eigenvalue weighted by Crippen LogP contribution is -2.42. The van der Waals surface area contributed by atoms with Crippen LogP contribution in [0.1, 0.15) is 24.1 Å². The second-order valence-corrected chi connectivity index (χ2v) is 11.0. The number of sulfonamides is 1. The Morgan fingerprint density at radius 1 is 1.09 bits per heavy atom. The third kappa shape index (κ3) is 6.82. The Balaban J connectivity index is 1.82. The first-order chi connectivity index (χ1) is 16.2. The van der Waals surface area contributed by atoms with E-state index in [1.54, 1.807) is 0 Å². The van der Waals surface area contributed by atoms with Crippen LogP contribution in [0.15, 0.2) is 82.2 Å². The Morgan fingerprint density at radius 2 is 1.82 bits per heavy atom. The summed E-state index contributed by atoms with van der Waals surface area (Å²) in [6.07, 6.45) is 0.457. The molecule has 180 valence electrons. The Kier molecular flexibility index (Phi) is 9.13. The van der Waals surface area contributed by atoms with Gasteiger partial charge in [0.1, 0.15) is 5.75 Å². The van der Waals surface area contributed by atoms with Crippen molar-refractivity contribution in [2.75, 3.05) is 20.2 Å². The summed E-state index contributed by atoms with van der Waals surface area (Å²) in [5.74, 6) is -0.0271. The molecule has 34 heavy (non-hydrogen) atoms. The molecule has 0 spiro atoms. The Bertz CT molecular complexity index is 1240. The minimum absolute atomic E-state index is 0.000741. The zero-order chi connectivity index (χ0) is 24.7. The van der Waals surface area contributed by atoms with Crippen molar-refractivity contribution in [3.63, 3.8) is 0 Å². The highest BCUT2D eigenvalue weighted by molar-refractivity contribution is 9.10. The Hall–Kier alpha value is -2.39. The number of benzene rings is 3. The molecule has 6 nitrogen and oxygen atoms in total. The monoisotopic (exact) mass is 564 g/mol. The molecule has 0 aliphatic heterocycles. The molecule has 0 unspecified atom stereocenters. The maximum Gasteiger partial charge on any atom is 0.243 e. The average molecular weight is 566 g/mol. The summed E-state index contributed by atoms with van der Waals surface area (Å²) in [4.78, 5) is 12.9. The fraction of sp³-hybridized carbons (Fsp3) is 0.240. The minimum Gasteiger partial charge on any atom is -0.495 e. The van der Waals surface area contributed by atoms with E-state index in [1.807, 2.05) is 61.5 Å². The highest BCUT2D eigenvalue weighted by Crippen LogP contribution is 2.28. The normalized spacial score (nSPS) is 12.4. The molecule has 3 aromatic rings. The van der Waals surface area contributed by atoms with Crippen molar-refractivity contribution in [3.8, 4) is 5.75 Å². The predicted molar refractivity (Wildman–Crippen MR) is 138 cm³/mol. The molecule has 3 rings (SSSR count). The maximum atomic E-state index is 13.5. The average Bonchev–Trinajstić information content (AvgIpc) is 2.82. The number of amides is 1. The van der Waals surface area contributed by atoms with Gasteiger partial charge in [0, 0.05) is 11.0 Å². The molecule has 3 aromatic carbocycles. The second-order valence-electron chi connectivity index (χ2n) is 7.71. The Morgan fingerprint density at radius 3 is 2.47 bits per heavy atom. The van der Waals surface area contributed by atoms with Crippen molar-refractivity contribution in [1.29, 1.82) is 0 Å². The summed E-state index contributed by atoms with van der Waals surface area (Å²) < 4.78 is 34.2. The van der Waals surface area contributed by atoms with E-state index < -0.39 is 15.9 Å². The van der Waals surface area contributed by atoms with Gasteiger partial charge >= 0.3 is 0 Å². The fourth-order valence-electron chi connectivity index (χ4n) is 3.45. The number of hydrogen-bond acceptors (Lipinski definition) is 4. The van der Waals surface area contributed by atoms with Crippen molar-refractivity contribution in [3.05, 3.63) is 93.4 Å². The number of rotatable bonds is 10. The molecule has 0 radical (unpaired) electrons. The maximum absolute atomic E-state index is 13.5.